The van der Waals surface area contributed by atoms with Crippen LogP contribution in [0, 0.1) is 0 Å². The second-order valence-corrected chi connectivity index (χ2v) is 4.04. The SMILES string of the molecule is Nc1cc([O-])c(C(=O)[O-])c(S(=O)(=O)O)c1.[Li+].[Li+]. The predicted molar refractivity (Wildman–Crippen MR) is 44.4 cm³/mol. The molecule has 17 heavy (non-hydrogen) atoms. The van der Waals surface area contributed by atoms with Crippen LogP contribution in [0.15, 0.2) is 17.0 Å². The minimum Gasteiger partial charge on any atom is -0.872 e. The molecule has 3 N–H and O–H groups in total. The second kappa shape index (κ2) is 6.36. The van der Waals surface area contributed by atoms with Gasteiger partial charge in [-0.15, -0.1) is 0 Å². The fraction of sp³-hybridized carbons (Fsp3) is 0. The van der Waals surface area contributed by atoms with E-state index in [9.17, 15) is 23.4 Å². The number of carbonyl (C=O) groups is 1. The molecule has 0 aliphatic heterocycles. The standard InChI is InChI=1S/C7H7NO6S.2Li/c8-3-1-4(9)6(7(10)11)5(2-3)15(12,13)14;;/h1-2,9H,8H2,(H,10,11)(H,12,13,14);;/q;2*+1/p-2. The number of hydrogen-bond donors (Lipinski definition) is 2. The van der Waals surface area contributed by atoms with Gasteiger partial charge in [-0.3, -0.25) is 4.55 Å². The molecule has 0 aliphatic carbocycles. The molecule has 10 heteroatoms. The Bertz CT molecular complexity index is 529. The summed E-state index contributed by atoms with van der Waals surface area (Å²) in [4.78, 5) is 9.41. The molecule has 0 heterocycles. The van der Waals surface area contributed by atoms with E-state index in [-0.39, 0.29) is 43.4 Å². The van der Waals surface area contributed by atoms with Gasteiger partial charge in [0.05, 0.1) is 5.97 Å². The first-order chi connectivity index (χ1) is 6.73. The monoisotopic (exact) mass is 245 g/mol. The molecule has 0 aliphatic rings. The van der Waals surface area contributed by atoms with Gasteiger partial charge in [-0.05, 0) is 12.1 Å². The Morgan fingerprint density at radius 1 is 1.29 bits per heavy atom. The van der Waals surface area contributed by atoms with E-state index in [1.54, 1.807) is 0 Å². The average Bonchev–Trinajstić information content (AvgIpc) is 1.99. The third-order valence-corrected chi connectivity index (χ3v) is 2.45. The minimum atomic E-state index is -4.82. The van der Waals surface area contributed by atoms with Gasteiger partial charge in [0.15, 0.2) is 0 Å². The molecule has 1 aromatic rings. The zero-order chi connectivity index (χ0) is 11.8. The maximum Gasteiger partial charge on any atom is 1.00 e. The van der Waals surface area contributed by atoms with Crippen molar-refractivity contribution in [1.29, 1.82) is 0 Å². The average molecular weight is 245 g/mol. The zero-order valence-corrected chi connectivity index (χ0v) is 9.95. The van der Waals surface area contributed by atoms with Gasteiger partial charge >= 0.3 is 37.7 Å². The third kappa shape index (κ3) is 4.28. The number of carbonyl (C=O) groups excluding carboxylic acids is 1. The molecule has 0 fully saturated rings. The Morgan fingerprint density at radius 3 is 2.12 bits per heavy atom. The molecule has 1 rings (SSSR count). The topological polar surface area (TPSA) is 144 Å². The fourth-order valence-corrected chi connectivity index (χ4v) is 1.74. The number of nitrogen functional groups attached to an aromatic ring is 1. The summed E-state index contributed by atoms with van der Waals surface area (Å²) in [7, 11) is -4.82. The number of aromatic carboxylic acids is 1. The van der Waals surface area contributed by atoms with Crippen LogP contribution >= 0.6 is 0 Å². The van der Waals surface area contributed by atoms with Gasteiger partial charge in [-0.25, -0.2) is 0 Å². The molecule has 0 bridgehead atoms. The van der Waals surface area contributed by atoms with Crippen LogP contribution in [0.1, 0.15) is 10.4 Å². The number of nitrogens with two attached hydrogens (primary N) is 1. The predicted octanol–water partition coefficient (Wildman–Crippen LogP) is -8.04. The van der Waals surface area contributed by atoms with E-state index < -0.39 is 32.3 Å². The van der Waals surface area contributed by atoms with Gasteiger partial charge in [0.25, 0.3) is 10.1 Å². The fourth-order valence-electron chi connectivity index (χ4n) is 1.01. The summed E-state index contributed by atoms with van der Waals surface area (Å²) < 4.78 is 30.1. The number of hydrogen-bond acceptors (Lipinski definition) is 6. The van der Waals surface area contributed by atoms with Crippen LogP contribution in [0.5, 0.6) is 5.75 Å². The first kappa shape index (κ1) is 18.8. The number of anilines is 1. The Hall–Kier alpha value is -0.605. The van der Waals surface area contributed by atoms with Gasteiger partial charge in [0.1, 0.15) is 4.90 Å². The number of carboxylic acids is 1. The zero-order valence-electron chi connectivity index (χ0n) is 9.13. The van der Waals surface area contributed by atoms with E-state index in [1.165, 1.54) is 0 Å². The van der Waals surface area contributed by atoms with Crippen LogP contribution in [0.25, 0.3) is 0 Å². The van der Waals surface area contributed by atoms with E-state index in [2.05, 4.69) is 0 Å². The Labute approximate surface area is 121 Å². The molecule has 0 aromatic heterocycles. The first-order valence-electron chi connectivity index (χ1n) is 3.53. The van der Waals surface area contributed by atoms with Gasteiger partial charge < -0.3 is 20.7 Å². The summed E-state index contributed by atoms with van der Waals surface area (Å²) in [5, 5.41) is 21.5. The molecule has 0 unspecified atom stereocenters. The summed E-state index contributed by atoms with van der Waals surface area (Å²) >= 11 is 0. The van der Waals surface area contributed by atoms with Gasteiger partial charge in [-0.2, -0.15) is 8.42 Å². The van der Waals surface area contributed by atoms with E-state index >= 15 is 0 Å². The number of benzene rings is 1. The molecule has 82 valence electrons. The molecule has 0 spiro atoms. The smallest absolute Gasteiger partial charge is 0.872 e. The summed E-state index contributed by atoms with van der Waals surface area (Å²) in [6.07, 6.45) is 0. The first-order valence-corrected chi connectivity index (χ1v) is 4.97. The van der Waals surface area contributed by atoms with Crippen LogP contribution in [-0.4, -0.2) is 18.9 Å². The largest absolute Gasteiger partial charge is 1.00 e. The molecular weight excluding hydrogens is 240 g/mol. The van der Waals surface area contributed by atoms with Crippen molar-refractivity contribution in [2.45, 2.75) is 4.90 Å². The van der Waals surface area contributed by atoms with Gasteiger partial charge in [0, 0.05) is 11.3 Å². The van der Waals surface area contributed by atoms with Crippen LogP contribution in [0.4, 0.5) is 5.69 Å². The molecule has 7 nitrogen and oxygen atoms in total. The van der Waals surface area contributed by atoms with Crippen LogP contribution in [-0.2, 0) is 10.1 Å². The summed E-state index contributed by atoms with van der Waals surface area (Å²) in [6.45, 7) is 0. The summed E-state index contributed by atoms with van der Waals surface area (Å²) in [6, 6.07) is 1.39. The van der Waals surface area contributed by atoms with E-state index in [4.69, 9.17) is 10.3 Å². The summed E-state index contributed by atoms with van der Waals surface area (Å²) in [5.41, 5.74) is 3.74. The van der Waals surface area contributed by atoms with Gasteiger partial charge in [0.2, 0.25) is 0 Å². The van der Waals surface area contributed by atoms with Crippen LogP contribution < -0.4 is 53.7 Å². The van der Waals surface area contributed by atoms with Crippen LogP contribution in [0.3, 0.4) is 0 Å². The van der Waals surface area contributed by atoms with E-state index in [0.717, 1.165) is 6.07 Å². The maximum absolute atomic E-state index is 11.1. The molecule has 0 radical (unpaired) electrons. The Balaban J connectivity index is 0. The third-order valence-electron chi connectivity index (χ3n) is 1.57. The van der Waals surface area contributed by atoms with Crippen molar-refractivity contribution in [3.05, 3.63) is 17.7 Å². The van der Waals surface area contributed by atoms with Crippen molar-refractivity contribution in [3.63, 3.8) is 0 Å². The normalized spacial score (nSPS) is 9.94. The molecular formula is C7H5Li2NO6S. The van der Waals surface area contributed by atoms with Crippen molar-refractivity contribution in [2.75, 3.05) is 5.73 Å². The number of rotatable bonds is 2. The Kier molecular flexibility index (Phi) is 7.02. The van der Waals surface area contributed by atoms with Crippen molar-refractivity contribution in [2.24, 2.45) is 0 Å². The van der Waals surface area contributed by atoms with Crippen LogP contribution in [0.2, 0.25) is 0 Å². The molecule has 0 atom stereocenters. The molecule has 0 saturated carbocycles. The van der Waals surface area contributed by atoms with Crippen molar-refractivity contribution in [3.8, 4) is 5.75 Å². The summed E-state index contributed by atoms with van der Waals surface area (Å²) in [5.74, 6) is -3.13. The maximum atomic E-state index is 11.1. The number of carboxylic acid groups (broad SMARTS) is 1. The second-order valence-electron chi connectivity index (χ2n) is 2.65. The van der Waals surface area contributed by atoms with Crippen molar-refractivity contribution >= 4 is 21.8 Å². The molecule has 0 amide bonds. The molecule has 0 saturated heterocycles. The quantitative estimate of drug-likeness (QED) is 0.299. The van der Waals surface area contributed by atoms with Crippen molar-refractivity contribution in [1.82, 2.24) is 0 Å². The van der Waals surface area contributed by atoms with E-state index in [1.807, 2.05) is 0 Å². The minimum absolute atomic E-state index is 0. The van der Waals surface area contributed by atoms with E-state index in [0.29, 0.717) is 6.07 Å². The van der Waals surface area contributed by atoms with Gasteiger partial charge in [-0.1, -0.05) is 5.75 Å². The molecule has 1 aromatic carbocycles. The Morgan fingerprint density at radius 2 is 1.76 bits per heavy atom. The van der Waals surface area contributed by atoms with Crippen molar-refractivity contribution < 1.29 is 65.7 Å².